The highest BCUT2D eigenvalue weighted by molar-refractivity contribution is 7.99. The first-order valence-electron chi connectivity index (χ1n) is 6.35. The van der Waals surface area contributed by atoms with Gasteiger partial charge in [-0.1, -0.05) is 39.8 Å². The van der Waals surface area contributed by atoms with Crippen molar-refractivity contribution in [2.45, 2.75) is 39.5 Å². The molecular formula is C15H24OS. The maximum Gasteiger partial charge on any atom is 0.119 e. The summed E-state index contributed by atoms with van der Waals surface area (Å²) in [5.41, 5.74) is 1.57. The van der Waals surface area contributed by atoms with Crippen LogP contribution in [-0.4, -0.2) is 18.1 Å². The first-order valence-corrected chi connectivity index (χ1v) is 7.50. The van der Waals surface area contributed by atoms with E-state index in [1.54, 1.807) is 0 Å². The summed E-state index contributed by atoms with van der Waals surface area (Å²) in [4.78, 5) is 0. The van der Waals surface area contributed by atoms with Crippen molar-refractivity contribution in [3.05, 3.63) is 29.8 Å². The maximum absolute atomic E-state index is 5.71. The van der Waals surface area contributed by atoms with Gasteiger partial charge >= 0.3 is 0 Å². The van der Waals surface area contributed by atoms with E-state index in [2.05, 4.69) is 52.0 Å². The van der Waals surface area contributed by atoms with Gasteiger partial charge in [-0.25, -0.2) is 0 Å². The van der Waals surface area contributed by atoms with Crippen LogP contribution in [0.4, 0.5) is 0 Å². The van der Waals surface area contributed by atoms with Gasteiger partial charge < -0.3 is 4.74 Å². The predicted octanol–water partition coefficient (Wildman–Crippen LogP) is 4.51. The second-order valence-electron chi connectivity index (χ2n) is 5.17. The van der Waals surface area contributed by atoms with Crippen molar-refractivity contribution < 1.29 is 4.74 Å². The lowest BCUT2D eigenvalue weighted by Crippen LogP contribution is -2.10. The average Bonchev–Trinajstić information content (AvgIpc) is 2.28. The van der Waals surface area contributed by atoms with Crippen molar-refractivity contribution >= 4 is 11.8 Å². The molecule has 1 aromatic carbocycles. The molecule has 17 heavy (non-hydrogen) atoms. The number of hydrogen-bond donors (Lipinski definition) is 0. The summed E-state index contributed by atoms with van der Waals surface area (Å²) < 4.78 is 5.71. The van der Waals surface area contributed by atoms with Crippen molar-refractivity contribution in [2.24, 2.45) is 0 Å². The topological polar surface area (TPSA) is 9.23 Å². The molecule has 0 saturated heterocycles. The molecule has 0 aromatic heterocycles. The van der Waals surface area contributed by atoms with Crippen LogP contribution in [-0.2, 0) is 5.41 Å². The van der Waals surface area contributed by atoms with E-state index in [0.29, 0.717) is 0 Å². The smallest absolute Gasteiger partial charge is 0.119 e. The van der Waals surface area contributed by atoms with Crippen molar-refractivity contribution in [1.82, 2.24) is 0 Å². The normalized spacial score (nSPS) is 11.5. The second kappa shape index (κ2) is 6.95. The van der Waals surface area contributed by atoms with Gasteiger partial charge in [-0.05, 0) is 41.0 Å². The fourth-order valence-electron chi connectivity index (χ4n) is 1.55. The highest BCUT2D eigenvalue weighted by Crippen LogP contribution is 2.24. The van der Waals surface area contributed by atoms with Crippen LogP contribution in [0.5, 0.6) is 5.75 Å². The first kappa shape index (κ1) is 14.4. The van der Waals surface area contributed by atoms with Gasteiger partial charge in [0.25, 0.3) is 0 Å². The van der Waals surface area contributed by atoms with Crippen LogP contribution in [0.1, 0.15) is 39.7 Å². The molecule has 0 spiro atoms. The highest BCUT2D eigenvalue weighted by atomic mass is 32.2. The third kappa shape index (κ3) is 5.49. The highest BCUT2D eigenvalue weighted by Gasteiger charge is 2.12. The van der Waals surface area contributed by atoms with Gasteiger partial charge in [0.2, 0.25) is 0 Å². The Hall–Kier alpha value is -0.630. The van der Waals surface area contributed by atoms with Crippen LogP contribution in [0.3, 0.4) is 0 Å². The van der Waals surface area contributed by atoms with E-state index in [4.69, 9.17) is 4.74 Å². The molecule has 1 rings (SSSR count). The molecule has 0 aliphatic heterocycles. The minimum atomic E-state index is 0.219. The molecule has 0 aliphatic carbocycles. The summed E-state index contributed by atoms with van der Waals surface area (Å²) in [6.45, 7) is 9.69. The van der Waals surface area contributed by atoms with Crippen LogP contribution >= 0.6 is 11.8 Å². The quantitative estimate of drug-likeness (QED) is 0.689. The standard InChI is InChI=1S/C15H24OS/c1-5-17-12-6-11-16-14-9-7-13(8-10-14)15(2,3)4/h7-10H,5-6,11-12H2,1-4H3. The number of thioether (sulfide) groups is 1. The summed E-state index contributed by atoms with van der Waals surface area (Å²) in [7, 11) is 0. The van der Waals surface area contributed by atoms with E-state index >= 15 is 0 Å². The zero-order valence-corrected chi connectivity index (χ0v) is 12.3. The Morgan fingerprint density at radius 2 is 1.76 bits per heavy atom. The van der Waals surface area contributed by atoms with E-state index in [0.717, 1.165) is 18.8 Å². The first-order chi connectivity index (χ1) is 8.04. The largest absolute Gasteiger partial charge is 0.494 e. The summed E-state index contributed by atoms with van der Waals surface area (Å²) in [6, 6.07) is 8.48. The van der Waals surface area contributed by atoms with E-state index in [9.17, 15) is 0 Å². The van der Waals surface area contributed by atoms with E-state index < -0.39 is 0 Å². The van der Waals surface area contributed by atoms with Crippen LogP contribution in [0.25, 0.3) is 0 Å². The minimum Gasteiger partial charge on any atom is -0.494 e. The molecule has 0 fully saturated rings. The molecule has 0 unspecified atom stereocenters. The average molecular weight is 252 g/mol. The van der Waals surface area contributed by atoms with Gasteiger partial charge in [0, 0.05) is 0 Å². The van der Waals surface area contributed by atoms with Gasteiger partial charge in [-0.15, -0.1) is 0 Å². The lowest BCUT2D eigenvalue weighted by atomic mass is 9.87. The fourth-order valence-corrected chi connectivity index (χ4v) is 2.16. The van der Waals surface area contributed by atoms with Crippen LogP contribution in [0.15, 0.2) is 24.3 Å². The zero-order chi connectivity index (χ0) is 12.7. The lowest BCUT2D eigenvalue weighted by Gasteiger charge is -2.19. The molecule has 0 N–H and O–H groups in total. The number of rotatable bonds is 6. The Bertz CT molecular complexity index is 311. The van der Waals surface area contributed by atoms with Crippen molar-refractivity contribution in [3.63, 3.8) is 0 Å². The minimum absolute atomic E-state index is 0.219. The number of benzene rings is 1. The Morgan fingerprint density at radius 3 is 2.29 bits per heavy atom. The Morgan fingerprint density at radius 1 is 1.12 bits per heavy atom. The lowest BCUT2D eigenvalue weighted by molar-refractivity contribution is 0.318. The molecule has 2 heteroatoms. The van der Waals surface area contributed by atoms with Crippen molar-refractivity contribution in [3.8, 4) is 5.75 Å². The van der Waals surface area contributed by atoms with Gasteiger partial charge in [-0.2, -0.15) is 11.8 Å². The molecule has 0 saturated carbocycles. The summed E-state index contributed by atoms with van der Waals surface area (Å²) >= 11 is 1.97. The molecule has 0 amide bonds. The summed E-state index contributed by atoms with van der Waals surface area (Å²) in [5, 5.41) is 0. The Kier molecular flexibility index (Phi) is 5.90. The fraction of sp³-hybridized carbons (Fsp3) is 0.600. The van der Waals surface area contributed by atoms with E-state index in [1.165, 1.54) is 17.1 Å². The van der Waals surface area contributed by atoms with Crippen LogP contribution in [0, 0.1) is 0 Å². The van der Waals surface area contributed by atoms with Gasteiger partial charge in [0.1, 0.15) is 5.75 Å². The summed E-state index contributed by atoms with van der Waals surface area (Å²) in [5.74, 6) is 3.37. The molecule has 1 aromatic rings. The molecule has 0 atom stereocenters. The second-order valence-corrected chi connectivity index (χ2v) is 6.57. The monoisotopic (exact) mass is 252 g/mol. The third-order valence-electron chi connectivity index (χ3n) is 2.63. The van der Waals surface area contributed by atoms with Crippen molar-refractivity contribution in [2.75, 3.05) is 18.1 Å². The molecule has 0 radical (unpaired) electrons. The zero-order valence-electron chi connectivity index (χ0n) is 11.5. The maximum atomic E-state index is 5.71. The SMILES string of the molecule is CCSCCCOc1ccc(C(C)(C)C)cc1. The van der Waals surface area contributed by atoms with Crippen LogP contribution < -0.4 is 4.74 Å². The third-order valence-corrected chi connectivity index (χ3v) is 3.61. The van der Waals surface area contributed by atoms with E-state index in [1.807, 2.05) is 11.8 Å². The van der Waals surface area contributed by atoms with Gasteiger partial charge in [0.05, 0.1) is 6.61 Å². The molecule has 0 bridgehead atoms. The van der Waals surface area contributed by atoms with E-state index in [-0.39, 0.29) is 5.41 Å². The number of hydrogen-bond acceptors (Lipinski definition) is 2. The predicted molar refractivity (Wildman–Crippen MR) is 78.3 cm³/mol. The van der Waals surface area contributed by atoms with Gasteiger partial charge in [-0.3, -0.25) is 0 Å². The summed E-state index contributed by atoms with van der Waals surface area (Å²) in [6.07, 6.45) is 1.12. The Balaban J connectivity index is 2.36. The number of ether oxygens (including phenoxy) is 1. The van der Waals surface area contributed by atoms with Crippen LogP contribution in [0.2, 0.25) is 0 Å². The molecule has 96 valence electrons. The Labute approximate surface area is 110 Å². The molecule has 0 heterocycles. The molecular weight excluding hydrogens is 228 g/mol. The molecule has 1 nitrogen and oxygen atoms in total. The van der Waals surface area contributed by atoms with Crippen molar-refractivity contribution in [1.29, 1.82) is 0 Å². The molecule has 0 aliphatic rings. The van der Waals surface area contributed by atoms with Gasteiger partial charge in [0.15, 0.2) is 0 Å².